The maximum absolute atomic E-state index is 5.33. The molecule has 1 aliphatic rings. The quantitative estimate of drug-likeness (QED) is 0.618. The van der Waals surface area contributed by atoms with E-state index in [1.807, 2.05) is 6.08 Å². The summed E-state index contributed by atoms with van der Waals surface area (Å²) in [7, 11) is 0. The highest BCUT2D eigenvalue weighted by Gasteiger charge is 2.03. The highest BCUT2D eigenvalue weighted by molar-refractivity contribution is 4.84. The summed E-state index contributed by atoms with van der Waals surface area (Å²) in [5.74, 6) is 0. The molecule has 0 spiro atoms. The molecule has 2 nitrogen and oxygen atoms in total. The van der Waals surface area contributed by atoms with Crippen molar-refractivity contribution in [2.75, 3.05) is 19.6 Å². The molecule has 0 aromatic rings. The van der Waals surface area contributed by atoms with Crippen molar-refractivity contribution in [3.05, 3.63) is 12.3 Å². The van der Waals surface area contributed by atoms with Gasteiger partial charge in [0.05, 0.1) is 0 Å². The van der Waals surface area contributed by atoms with Crippen LogP contribution in [-0.2, 0) is 0 Å². The van der Waals surface area contributed by atoms with Crippen LogP contribution in [0.4, 0.5) is 0 Å². The van der Waals surface area contributed by atoms with Crippen LogP contribution in [0.25, 0.3) is 0 Å². The Hall–Kier alpha value is -0.500. The SMILES string of the molecule is NCC=CN1CCCCC1. The van der Waals surface area contributed by atoms with E-state index < -0.39 is 0 Å². The van der Waals surface area contributed by atoms with Crippen molar-refractivity contribution >= 4 is 0 Å². The molecule has 0 saturated carbocycles. The van der Waals surface area contributed by atoms with Gasteiger partial charge in [-0.15, -0.1) is 0 Å². The molecule has 0 aromatic heterocycles. The van der Waals surface area contributed by atoms with Crippen molar-refractivity contribution in [3.63, 3.8) is 0 Å². The first-order valence-corrected chi connectivity index (χ1v) is 4.04. The number of hydrogen-bond donors (Lipinski definition) is 1. The molecule has 1 heterocycles. The lowest BCUT2D eigenvalue weighted by Crippen LogP contribution is -2.24. The third kappa shape index (κ3) is 2.40. The Morgan fingerprint density at radius 2 is 1.90 bits per heavy atom. The van der Waals surface area contributed by atoms with Crippen LogP contribution in [0.15, 0.2) is 12.3 Å². The predicted octanol–water partition coefficient (Wildman–Crippen LogP) is 0.945. The van der Waals surface area contributed by atoms with E-state index in [9.17, 15) is 0 Å². The molecule has 0 bridgehead atoms. The Morgan fingerprint density at radius 3 is 2.50 bits per heavy atom. The summed E-state index contributed by atoms with van der Waals surface area (Å²) in [4.78, 5) is 2.34. The summed E-state index contributed by atoms with van der Waals surface area (Å²) < 4.78 is 0. The number of nitrogens with two attached hydrogens (primary N) is 1. The molecule has 2 N–H and O–H groups in total. The second-order valence-corrected chi connectivity index (χ2v) is 2.72. The number of likely N-dealkylation sites (tertiary alicyclic amines) is 1. The zero-order valence-electron chi connectivity index (χ0n) is 6.42. The van der Waals surface area contributed by atoms with E-state index in [1.165, 1.54) is 32.4 Å². The standard InChI is InChI=1S/C8H16N2/c9-5-4-8-10-6-2-1-3-7-10/h4,8H,1-3,5-7,9H2. The van der Waals surface area contributed by atoms with Gasteiger partial charge in [0.25, 0.3) is 0 Å². The molecule has 10 heavy (non-hydrogen) atoms. The van der Waals surface area contributed by atoms with E-state index in [4.69, 9.17) is 5.73 Å². The smallest absolute Gasteiger partial charge is 0.0172 e. The van der Waals surface area contributed by atoms with Crippen LogP contribution in [0.5, 0.6) is 0 Å². The van der Waals surface area contributed by atoms with Gasteiger partial charge in [-0.3, -0.25) is 0 Å². The topological polar surface area (TPSA) is 29.3 Å². The fourth-order valence-corrected chi connectivity index (χ4v) is 1.28. The maximum Gasteiger partial charge on any atom is 0.0172 e. The van der Waals surface area contributed by atoms with E-state index in [1.54, 1.807) is 0 Å². The van der Waals surface area contributed by atoms with Crippen molar-refractivity contribution in [2.45, 2.75) is 19.3 Å². The summed E-state index contributed by atoms with van der Waals surface area (Å²) in [6, 6.07) is 0. The van der Waals surface area contributed by atoms with Gasteiger partial charge < -0.3 is 10.6 Å². The molecule has 0 atom stereocenters. The van der Waals surface area contributed by atoms with Crippen LogP contribution >= 0.6 is 0 Å². The molecule has 0 radical (unpaired) electrons. The Bertz CT molecular complexity index is 104. The number of nitrogens with zero attached hydrogens (tertiary/aromatic N) is 1. The summed E-state index contributed by atoms with van der Waals surface area (Å²) >= 11 is 0. The van der Waals surface area contributed by atoms with Crippen molar-refractivity contribution in [3.8, 4) is 0 Å². The van der Waals surface area contributed by atoms with Gasteiger partial charge in [0.1, 0.15) is 0 Å². The molecule has 1 fully saturated rings. The maximum atomic E-state index is 5.33. The molecule has 0 unspecified atom stereocenters. The zero-order chi connectivity index (χ0) is 7.23. The number of rotatable bonds is 2. The summed E-state index contributed by atoms with van der Waals surface area (Å²) in [6.07, 6.45) is 8.22. The molecule has 0 aromatic carbocycles. The van der Waals surface area contributed by atoms with Gasteiger partial charge in [-0.05, 0) is 25.5 Å². The van der Waals surface area contributed by atoms with E-state index >= 15 is 0 Å². The van der Waals surface area contributed by atoms with Crippen molar-refractivity contribution in [1.29, 1.82) is 0 Å². The minimum Gasteiger partial charge on any atom is -0.378 e. The van der Waals surface area contributed by atoms with E-state index in [2.05, 4.69) is 11.1 Å². The molecule has 0 amide bonds. The Balaban J connectivity index is 2.19. The fraction of sp³-hybridized carbons (Fsp3) is 0.750. The minimum atomic E-state index is 0.663. The second kappa shape index (κ2) is 4.34. The largest absolute Gasteiger partial charge is 0.378 e. The predicted molar refractivity (Wildman–Crippen MR) is 43.6 cm³/mol. The first-order valence-electron chi connectivity index (χ1n) is 4.04. The second-order valence-electron chi connectivity index (χ2n) is 2.72. The molecule has 2 heteroatoms. The van der Waals surface area contributed by atoms with Crippen LogP contribution in [0, 0.1) is 0 Å². The van der Waals surface area contributed by atoms with Crippen LogP contribution in [0.2, 0.25) is 0 Å². The van der Waals surface area contributed by atoms with E-state index in [0.29, 0.717) is 6.54 Å². The lowest BCUT2D eigenvalue weighted by Gasteiger charge is -2.24. The van der Waals surface area contributed by atoms with Gasteiger partial charge in [0.15, 0.2) is 0 Å². The summed E-state index contributed by atoms with van der Waals surface area (Å²) in [5.41, 5.74) is 5.33. The zero-order valence-corrected chi connectivity index (χ0v) is 6.42. The third-order valence-electron chi connectivity index (χ3n) is 1.84. The first-order chi connectivity index (χ1) is 4.93. The Kier molecular flexibility index (Phi) is 3.30. The lowest BCUT2D eigenvalue weighted by atomic mass is 10.1. The van der Waals surface area contributed by atoms with Crippen molar-refractivity contribution < 1.29 is 0 Å². The van der Waals surface area contributed by atoms with Gasteiger partial charge in [-0.25, -0.2) is 0 Å². The molecule has 1 saturated heterocycles. The summed E-state index contributed by atoms with van der Waals surface area (Å²) in [6.45, 7) is 3.10. The normalized spacial score (nSPS) is 20.3. The average Bonchev–Trinajstić information content (AvgIpc) is 2.03. The van der Waals surface area contributed by atoms with Gasteiger partial charge in [0, 0.05) is 19.6 Å². The highest BCUT2D eigenvalue weighted by atomic mass is 15.1. The molecule has 1 rings (SSSR count). The minimum absolute atomic E-state index is 0.663. The van der Waals surface area contributed by atoms with Crippen molar-refractivity contribution in [1.82, 2.24) is 4.90 Å². The average molecular weight is 140 g/mol. The van der Waals surface area contributed by atoms with Crippen LogP contribution in [0.3, 0.4) is 0 Å². The fourth-order valence-electron chi connectivity index (χ4n) is 1.28. The number of hydrogen-bond acceptors (Lipinski definition) is 2. The van der Waals surface area contributed by atoms with E-state index in [0.717, 1.165) is 0 Å². The first kappa shape index (κ1) is 7.61. The highest BCUT2D eigenvalue weighted by Crippen LogP contribution is 2.07. The van der Waals surface area contributed by atoms with Crippen LogP contribution in [0.1, 0.15) is 19.3 Å². The van der Waals surface area contributed by atoms with Gasteiger partial charge in [-0.1, -0.05) is 6.08 Å². The molecular weight excluding hydrogens is 124 g/mol. The Labute approximate surface area is 62.7 Å². The van der Waals surface area contributed by atoms with E-state index in [-0.39, 0.29) is 0 Å². The molecule has 58 valence electrons. The molecular formula is C8H16N2. The third-order valence-corrected chi connectivity index (χ3v) is 1.84. The molecule has 0 aliphatic carbocycles. The van der Waals surface area contributed by atoms with Crippen LogP contribution < -0.4 is 5.73 Å². The van der Waals surface area contributed by atoms with Crippen LogP contribution in [-0.4, -0.2) is 24.5 Å². The molecule has 1 aliphatic heterocycles. The Morgan fingerprint density at radius 1 is 1.20 bits per heavy atom. The van der Waals surface area contributed by atoms with Gasteiger partial charge >= 0.3 is 0 Å². The van der Waals surface area contributed by atoms with Gasteiger partial charge in [-0.2, -0.15) is 0 Å². The summed E-state index contributed by atoms with van der Waals surface area (Å²) in [5, 5.41) is 0. The van der Waals surface area contributed by atoms with Crippen molar-refractivity contribution in [2.24, 2.45) is 5.73 Å². The lowest BCUT2D eigenvalue weighted by molar-refractivity contribution is 0.309. The monoisotopic (exact) mass is 140 g/mol. The number of piperidine rings is 1. The van der Waals surface area contributed by atoms with Gasteiger partial charge in [0.2, 0.25) is 0 Å².